The van der Waals surface area contributed by atoms with Gasteiger partial charge in [0.15, 0.2) is 0 Å². The molecule has 10 nitrogen and oxygen atoms in total. The van der Waals surface area contributed by atoms with Crippen LogP contribution in [0.25, 0.3) is 0 Å². The molecule has 0 heterocycles. The van der Waals surface area contributed by atoms with Crippen molar-refractivity contribution in [3.05, 3.63) is 70.8 Å². The van der Waals surface area contributed by atoms with Crippen molar-refractivity contribution in [2.45, 2.75) is 207 Å². The summed E-state index contributed by atoms with van der Waals surface area (Å²) in [4.78, 5) is 81.2. The molecule has 0 saturated heterocycles. The van der Waals surface area contributed by atoms with E-state index < -0.39 is 82.1 Å². The topological polar surface area (TPSA) is 133 Å². The van der Waals surface area contributed by atoms with Crippen molar-refractivity contribution in [3.8, 4) is 0 Å². The van der Waals surface area contributed by atoms with Crippen LogP contribution in [0.5, 0.6) is 0 Å². The number of ether oxygens (including phenoxy) is 3. The Morgan fingerprint density at radius 3 is 1.61 bits per heavy atom. The van der Waals surface area contributed by atoms with Crippen LogP contribution >= 0.6 is 0 Å². The molecule has 0 spiro atoms. The number of rotatable bonds is 25. The lowest BCUT2D eigenvalue weighted by atomic mass is 9.43. The summed E-state index contributed by atoms with van der Waals surface area (Å²) in [6.45, 7) is 13.6. The van der Waals surface area contributed by atoms with Crippen molar-refractivity contribution >= 4 is 35.4 Å². The van der Waals surface area contributed by atoms with E-state index in [0.29, 0.717) is 70.9 Å². The standard InChI is InChI=1S/C60H81F6NO9/c1-7-9-11-13-15-17-33-67(34-18-16-14-12-10-8-2)51(69)30-19-38(3)46-28-29-47-52-48(37-50(58(46,47)6)76-56(73)43-26-22-41(23-27-43)54(71)60(64,65)66)57(5)32-31-45(74-39(4)68)35-44(57)36-49(52)75-55(72)42-24-20-40(21-25-42)53(70)59(61,62)63/h20-27,38,44-50,52H,7-19,28-37H2,1-6H3/t38-,44+,45-,46-,47+,48+,49-,50+,52+,57+,58-/m1/s1. The third-order valence-electron chi connectivity index (χ3n) is 18.3. The van der Waals surface area contributed by atoms with Crippen LogP contribution in [-0.4, -0.2) is 84.0 Å². The average Bonchev–Trinajstić information content (AvgIpc) is 3.79. The number of hydrogen-bond donors (Lipinski definition) is 0. The summed E-state index contributed by atoms with van der Waals surface area (Å²) in [7, 11) is 0. The first-order valence-corrected chi connectivity index (χ1v) is 28.2. The van der Waals surface area contributed by atoms with Crippen LogP contribution in [0.3, 0.4) is 0 Å². The Bertz CT molecular complexity index is 2280. The van der Waals surface area contributed by atoms with Crippen LogP contribution in [0.4, 0.5) is 26.3 Å². The molecular weight excluding hydrogens is 993 g/mol. The minimum Gasteiger partial charge on any atom is -0.463 e. The number of unbranched alkanes of at least 4 members (excludes halogenated alkanes) is 10. The normalized spacial score (nSPS) is 27.5. The van der Waals surface area contributed by atoms with Gasteiger partial charge in [0, 0.05) is 48.9 Å². The predicted octanol–water partition coefficient (Wildman–Crippen LogP) is 14.7. The number of nitrogens with zero attached hydrogens (tertiary/aromatic N) is 1. The van der Waals surface area contributed by atoms with E-state index in [4.69, 9.17) is 14.2 Å². The molecule has 4 aliphatic carbocycles. The van der Waals surface area contributed by atoms with Gasteiger partial charge in [-0.2, -0.15) is 26.3 Å². The van der Waals surface area contributed by atoms with Gasteiger partial charge in [0.1, 0.15) is 18.3 Å². The lowest BCUT2D eigenvalue weighted by Gasteiger charge is -2.64. The Hall–Kier alpha value is -4.76. The zero-order chi connectivity index (χ0) is 55.6. The number of alkyl halides is 6. The number of halogens is 6. The van der Waals surface area contributed by atoms with Crippen molar-refractivity contribution in [1.29, 1.82) is 0 Å². The molecule has 0 radical (unpaired) electrons. The van der Waals surface area contributed by atoms with Gasteiger partial charge >= 0.3 is 30.3 Å². The molecule has 0 aliphatic heterocycles. The quantitative estimate of drug-likeness (QED) is 0.0313. The molecule has 76 heavy (non-hydrogen) atoms. The predicted molar refractivity (Wildman–Crippen MR) is 275 cm³/mol. The van der Waals surface area contributed by atoms with E-state index in [0.717, 1.165) is 99.9 Å². The lowest BCUT2D eigenvalue weighted by molar-refractivity contribution is -0.209. The third-order valence-corrected chi connectivity index (χ3v) is 18.3. The van der Waals surface area contributed by atoms with E-state index in [2.05, 4.69) is 34.6 Å². The SMILES string of the molecule is CCCCCCCCN(CCCCCCCC)C(=O)CC[C@@H](C)[C@H]1CC[C@H]2[C@@H]3[C@H](OC(=O)c4ccc(C(=O)C(F)(F)F)cc4)C[C@@H]4C[C@H](OC(C)=O)CC[C@]4(C)[C@H]3C[C@H](OC(=O)c3ccc(C(=O)C(F)(F)F)cc3)[C@]12C. The van der Waals surface area contributed by atoms with Gasteiger partial charge in [-0.25, -0.2) is 9.59 Å². The maximum Gasteiger partial charge on any atom is 0.454 e. The number of benzene rings is 2. The molecule has 0 N–H and O–H groups in total. The molecule has 2 aromatic rings. The molecule has 1 amide bonds. The number of hydrogen-bond acceptors (Lipinski definition) is 9. The number of fused-ring (bicyclic) bond motifs is 5. The van der Waals surface area contributed by atoms with E-state index in [1.54, 1.807) is 0 Å². The van der Waals surface area contributed by atoms with Gasteiger partial charge in [-0.1, -0.05) is 123 Å². The molecule has 0 unspecified atom stereocenters. The van der Waals surface area contributed by atoms with Gasteiger partial charge in [-0.05, 0) is 123 Å². The first-order chi connectivity index (χ1) is 35.9. The molecule has 4 aliphatic rings. The van der Waals surface area contributed by atoms with Gasteiger partial charge in [-0.3, -0.25) is 19.2 Å². The Kier molecular flexibility index (Phi) is 20.9. The summed E-state index contributed by atoms with van der Waals surface area (Å²) in [5, 5.41) is 0. The van der Waals surface area contributed by atoms with Crippen LogP contribution in [-0.2, 0) is 23.8 Å². The van der Waals surface area contributed by atoms with Crippen LogP contribution in [0.15, 0.2) is 48.5 Å². The maximum atomic E-state index is 14.4. The monoisotopic (exact) mass is 1070 g/mol. The molecule has 4 fully saturated rings. The van der Waals surface area contributed by atoms with E-state index >= 15 is 0 Å². The second kappa shape index (κ2) is 26.3. The zero-order valence-corrected chi connectivity index (χ0v) is 45.5. The summed E-state index contributed by atoms with van der Waals surface area (Å²) in [6, 6.07) is 8.43. The van der Waals surface area contributed by atoms with E-state index in [1.165, 1.54) is 32.6 Å². The molecular formula is C60H81F6NO9. The summed E-state index contributed by atoms with van der Waals surface area (Å²) in [6.07, 6.45) is 5.93. The van der Waals surface area contributed by atoms with Crippen molar-refractivity contribution in [2.75, 3.05) is 13.1 Å². The first-order valence-electron chi connectivity index (χ1n) is 28.2. The Morgan fingerprint density at radius 1 is 0.618 bits per heavy atom. The van der Waals surface area contributed by atoms with Gasteiger partial charge in [-0.15, -0.1) is 0 Å². The number of esters is 3. The molecule has 4 saturated carbocycles. The van der Waals surface area contributed by atoms with Crippen molar-refractivity contribution in [3.63, 3.8) is 0 Å². The summed E-state index contributed by atoms with van der Waals surface area (Å²) in [5.41, 5.74) is -2.52. The first kappa shape index (κ1) is 60.5. The van der Waals surface area contributed by atoms with Crippen molar-refractivity contribution in [1.82, 2.24) is 4.90 Å². The minimum absolute atomic E-state index is 0.0330. The van der Waals surface area contributed by atoms with Crippen LogP contribution < -0.4 is 0 Å². The maximum absolute atomic E-state index is 14.4. The number of carbonyl (C=O) groups excluding carboxylic acids is 6. The molecule has 6 rings (SSSR count). The number of carbonyl (C=O) groups is 6. The van der Waals surface area contributed by atoms with Crippen LogP contribution in [0.2, 0.25) is 0 Å². The second-order valence-electron chi connectivity index (χ2n) is 23.1. The van der Waals surface area contributed by atoms with Crippen molar-refractivity contribution in [2.24, 2.45) is 46.3 Å². The van der Waals surface area contributed by atoms with Gasteiger partial charge < -0.3 is 19.1 Å². The summed E-state index contributed by atoms with van der Waals surface area (Å²) < 4.78 is 99.0. The third kappa shape index (κ3) is 14.5. The molecule has 11 atom stereocenters. The van der Waals surface area contributed by atoms with E-state index in [1.807, 2.05) is 4.90 Å². The number of amides is 1. The highest BCUT2D eigenvalue weighted by Crippen LogP contribution is 2.69. The molecule has 422 valence electrons. The minimum atomic E-state index is -5.11. The summed E-state index contributed by atoms with van der Waals surface area (Å²) >= 11 is 0. The largest absolute Gasteiger partial charge is 0.463 e. The fourth-order valence-corrected chi connectivity index (χ4v) is 14.2. The average molecular weight is 1070 g/mol. The highest BCUT2D eigenvalue weighted by Gasteiger charge is 2.68. The lowest BCUT2D eigenvalue weighted by Crippen LogP contribution is -2.63. The molecule has 16 heteroatoms. The Balaban J connectivity index is 1.32. The van der Waals surface area contributed by atoms with Crippen LogP contribution in [0, 0.1) is 46.3 Å². The zero-order valence-electron chi connectivity index (χ0n) is 45.5. The fourth-order valence-electron chi connectivity index (χ4n) is 14.2. The Morgan fingerprint density at radius 2 is 1.11 bits per heavy atom. The summed E-state index contributed by atoms with van der Waals surface area (Å²) in [5.74, 6) is -6.96. The number of ketones is 2. The van der Waals surface area contributed by atoms with Gasteiger partial charge in [0.05, 0.1) is 11.1 Å². The van der Waals surface area contributed by atoms with Gasteiger partial charge in [0.25, 0.3) is 11.6 Å². The van der Waals surface area contributed by atoms with Crippen LogP contribution in [0.1, 0.15) is 218 Å². The van der Waals surface area contributed by atoms with E-state index in [-0.39, 0.29) is 52.5 Å². The fraction of sp³-hybridized carbons (Fsp3) is 0.700. The molecule has 0 aromatic heterocycles. The Labute approximate surface area is 445 Å². The van der Waals surface area contributed by atoms with Crippen molar-refractivity contribution < 1.29 is 69.3 Å². The van der Waals surface area contributed by atoms with Gasteiger partial charge in [0.2, 0.25) is 5.91 Å². The molecule has 0 bridgehead atoms. The molecule has 2 aromatic carbocycles. The highest BCUT2D eigenvalue weighted by molar-refractivity contribution is 6.02. The highest BCUT2D eigenvalue weighted by atomic mass is 19.4. The number of Topliss-reactive ketones (excluding diaryl/α,β-unsaturated/α-hetero) is 2. The van der Waals surface area contributed by atoms with E-state index in [9.17, 15) is 55.1 Å². The smallest absolute Gasteiger partial charge is 0.454 e. The second-order valence-corrected chi connectivity index (χ2v) is 23.1.